The summed E-state index contributed by atoms with van der Waals surface area (Å²) in [5.74, 6) is -0.230. The van der Waals surface area contributed by atoms with Crippen LogP contribution < -0.4 is 5.32 Å². The average molecular weight is 313 g/mol. The summed E-state index contributed by atoms with van der Waals surface area (Å²) in [5.41, 5.74) is 0.978. The Bertz CT molecular complexity index is 711. The highest BCUT2D eigenvalue weighted by Gasteiger charge is 2.49. The van der Waals surface area contributed by atoms with E-state index < -0.39 is 0 Å². The van der Waals surface area contributed by atoms with Gasteiger partial charge in [-0.2, -0.15) is 0 Å². The zero-order valence-electron chi connectivity index (χ0n) is 13.1. The molecular formula is C17H19N3O3. The molecule has 0 spiro atoms. The van der Waals surface area contributed by atoms with Crippen LogP contribution in [0.4, 0.5) is 0 Å². The van der Waals surface area contributed by atoms with Gasteiger partial charge in [0, 0.05) is 19.4 Å². The SMILES string of the molecule is COC(=O)[C@@H]1C[C@@H]1[C@@H](NC(=O)c1nccn1C)c1ccccc1. The van der Waals surface area contributed by atoms with Crippen LogP contribution in [0.1, 0.15) is 28.6 Å². The maximum Gasteiger partial charge on any atom is 0.309 e. The first-order chi connectivity index (χ1) is 11.1. The van der Waals surface area contributed by atoms with E-state index in [9.17, 15) is 9.59 Å². The number of methoxy groups -OCH3 is 1. The summed E-state index contributed by atoms with van der Waals surface area (Å²) in [6, 6.07) is 9.44. The molecule has 1 saturated carbocycles. The Morgan fingerprint density at radius 3 is 2.70 bits per heavy atom. The van der Waals surface area contributed by atoms with Gasteiger partial charge in [0.2, 0.25) is 0 Å². The molecule has 0 aliphatic heterocycles. The lowest BCUT2D eigenvalue weighted by molar-refractivity contribution is -0.142. The van der Waals surface area contributed by atoms with Gasteiger partial charge in [-0.3, -0.25) is 9.59 Å². The number of hydrogen-bond acceptors (Lipinski definition) is 4. The van der Waals surface area contributed by atoms with Crippen molar-refractivity contribution in [3.05, 3.63) is 54.1 Å². The van der Waals surface area contributed by atoms with E-state index in [0.717, 1.165) is 5.56 Å². The van der Waals surface area contributed by atoms with Crippen molar-refractivity contribution in [2.45, 2.75) is 12.5 Å². The number of imidazole rings is 1. The molecule has 3 rings (SSSR count). The van der Waals surface area contributed by atoms with Gasteiger partial charge in [0.15, 0.2) is 5.82 Å². The number of aryl methyl sites for hydroxylation is 1. The lowest BCUT2D eigenvalue weighted by Crippen LogP contribution is -2.32. The molecule has 6 heteroatoms. The molecule has 6 nitrogen and oxygen atoms in total. The highest BCUT2D eigenvalue weighted by atomic mass is 16.5. The van der Waals surface area contributed by atoms with Gasteiger partial charge in [-0.25, -0.2) is 4.98 Å². The zero-order chi connectivity index (χ0) is 16.4. The summed E-state index contributed by atoms with van der Waals surface area (Å²) in [5, 5.41) is 3.02. The monoisotopic (exact) mass is 313 g/mol. The molecule has 1 fully saturated rings. The van der Waals surface area contributed by atoms with Gasteiger partial charge in [0.1, 0.15) is 0 Å². The number of esters is 1. The summed E-state index contributed by atoms with van der Waals surface area (Å²) in [6.45, 7) is 0. The molecule has 0 bridgehead atoms. The summed E-state index contributed by atoms with van der Waals surface area (Å²) in [6.07, 6.45) is 4.02. The first-order valence-electron chi connectivity index (χ1n) is 7.52. The standard InChI is InChI=1S/C17H19N3O3/c1-20-9-8-18-15(20)16(21)19-14(11-6-4-3-5-7-11)12-10-13(12)17(22)23-2/h3-9,12-14H,10H2,1-2H3,(H,19,21)/t12-,13+,14-/m0/s1. The van der Waals surface area contributed by atoms with Crippen molar-refractivity contribution >= 4 is 11.9 Å². The fourth-order valence-electron chi connectivity index (χ4n) is 2.89. The molecule has 1 N–H and O–H groups in total. The van der Waals surface area contributed by atoms with E-state index in [4.69, 9.17) is 4.74 Å². The second-order valence-electron chi connectivity index (χ2n) is 5.75. The molecule has 2 aromatic rings. The van der Waals surface area contributed by atoms with Crippen molar-refractivity contribution in [1.82, 2.24) is 14.9 Å². The lowest BCUT2D eigenvalue weighted by Gasteiger charge is -2.19. The van der Waals surface area contributed by atoms with E-state index in [1.54, 1.807) is 24.0 Å². The van der Waals surface area contributed by atoms with Gasteiger partial charge in [-0.1, -0.05) is 30.3 Å². The number of nitrogens with one attached hydrogen (secondary N) is 1. The van der Waals surface area contributed by atoms with Crippen molar-refractivity contribution in [2.75, 3.05) is 7.11 Å². The summed E-state index contributed by atoms with van der Waals surface area (Å²) < 4.78 is 6.49. The van der Waals surface area contributed by atoms with Crippen LogP contribution in [-0.2, 0) is 16.6 Å². The second-order valence-corrected chi connectivity index (χ2v) is 5.75. The molecule has 0 saturated heterocycles. The van der Waals surface area contributed by atoms with Crippen molar-refractivity contribution in [3.8, 4) is 0 Å². The second kappa shape index (κ2) is 6.24. The molecule has 1 aliphatic rings. The average Bonchev–Trinajstić information content (AvgIpc) is 3.25. The number of amides is 1. The van der Waals surface area contributed by atoms with Gasteiger partial charge in [-0.05, 0) is 17.9 Å². The van der Waals surface area contributed by atoms with Gasteiger partial charge in [0.05, 0.1) is 19.1 Å². The van der Waals surface area contributed by atoms with Crippen LogP contribution in [0.25, 0.3) is 0 Å². The summed E-state index contributed by atoms with van der Waals surface area (Å²) in [7, 11) is 3.16. The van der Waals surface area contributed by atoms with Gasteiger partial charge in [-0.15, -0.1) is 0 Å². The van der Waals surface area contributed by atoms with Crippen LogP contribution in [0.2, 0.25) is 0 Å². The van der Waals surface area contributed by atoms with E-state index in [1.165, 1.54) is 7.11 Å². The van der Waals surface area contributed by atoms with Crippen LogP contribution in [-0.4, -0.2) is 28.5 Å². The number of aromatic nitrogens is 2. The normalized spacial score (nSPS) is 20.6. The Balaban J connectivity index is 1.81. The van der Waals surface area contributed by atoms with E-state index in [0.29, 0.717) is 12.2 Å². The molecule has 3 atom stereocenters. The topological polar surface area (TPSA) is 73.2 Å². The van der Waals surface area contributed by atoms with Gasteiger partial charge < -0.3 is 14.6 Å². The highest BCUT2D eigenvalue weighted by Crippen LogP contribution is 2.48. The van der Waals surface area contributed by atoms with Crippen molar-refractivity contribution in [3.63, 3.8) is 0 Å². The number of ether oxygens (including phenoxy) is 1. The molecule has 1 aliphatic carbocycles. The third-order valence-corrected chi connectivity index (χ3v) is 4.24. The van der Waals surface area contributed by atoms with E-state index >= 15 is 0 Å². The number of rotatable bonds is 5. The summed E-state index contributed by atoms with van der Waals surface area (Å²) >= 11 is 0. The van der Waals surface area contributed by atoms with Crippen LogP contribution in [0.5, 0.6) is 0 Å². The predicted octanol–water partition coefficient (Wildman–Crippen LogP) is 1.70. The maximum absolute atomic E-state index is 12.5. The minimum atomic E-state index is -0.248. The fraction of sp³-hybridized carbons (Fsp3) is 0.353. The zero-order valence-corrected chi connectivity index (χ0v) is 13.1. The highest BCUT2D eigenvalue weighted by molar-refractivity contribution is 5.91. The summed E-state index contributed by atoms with van der Waals surface area (Å²) in [4.78, 5) is 28.3. The lowest BCUT2D eigenvalue weighted by atomic mass is 10.0. The molecule has 1 aromatic carbocycles. The van der Waals surface area contributed by atoms with Crippen molar-refractivity contribution < 1.29 is 14.3 Å². The number of nitrogens with zero attached hydrogens (tertiary/aromatic N) is 2. The fourth-order valence-corrected chi connectivity index (χ4v) is 2.89. The number of carbonyl (C=O) groups excluding carboxylic acids is 2. The predicted molar refractivity (Wildman–Crippen MR) is 83.5 cm³/mol. The minimum Gasteiger partial charge on any atom is -0.469 e. The first-order valence-corrected chi connectivity index (χ1v) is 7.52. The molecule has 1 aromatic heterocycles. The van der Waals surface area contributed by atoms with E-state index in [2.05, 4.69) is 10.3 Å². The van der Waals surface area contributed by atoms with Gasteiger partial charge in [0.25, 0.3) is 5.91 Å². The van der Waals surface area contributed by atoms with E-state index in [-0.39, 0.29) is 29.8 Å². The van der Waals surface area contributed by atoms with E-state index in [1.807, 2.05) is 30.3 Å². The van der Waals surface area contributed by atoms with Crippen LogP contribution in [0.3, 0.4) is 0 Å². The number of benzene rings is 1. The Kier molecular flexibility index (Phi) is 4.14. The largest absolute Gasteiger partial charge is 0.469 e. The smallest absolute Gasteiger partial charge is 0.309 e. The molecule has 0 radical (unpaired) electrons. The van der Waals surface area contributed by atoms with Crippen LogP contribution in [0, 0.1) is 11.8 Å². The van der Waals surface area contributed by atoms with Crippen molar-refractivity contribution in [1.29, 1.82) is 0 Å². The maximum atomic E-state index is 12.5. The third-order valence-electron chi connectivity index (χ3n) is 4.24. The van der Waals surface area contributed by atoms with Gasteiger partial charge >= 0.3 is 5.97 Å². The minimum absolute atomic E-state index is 0.0501. The number of hydrogen-bond donors (Lipinski definition) is 1. The first kappa shape index (κ1) is 15.3. The molecule has 23 heavy (non-hydrogen) atoms. The molecule has 1 heterocycles. The quantitative estimate of drug-likeness (QED) is 0.853. The Hall–Kier alpha value is -2.63. The van der Waals surface area contributed by atoms with Crippen molar-refractivity contribution in [2.24, 2.45) is 18.9 Å². The third kappa shape index (κ3) is 3.11. The molecule has 120 valence electrons. The Labute approximate surface area is 134 Å². The Morgan fingerprint density at radius 1 is 1.35 bits per heavy atom. The molecule has 1 amide bonds. The van der Waals surface area contributed by atoms with Crippen LogP contribution >= 0.6 is 0 Å². The molecular weight excluding hydrogens is 294 g/mol. The Morgan fingerprint density at radius 2 is 2.09 bits per heavy atom. The molecule has 0 unspecified atom stereocenters. The number of carbonyl (C=O) groups is 2. The van der Waals surface area contributed by atoms with Crippen LogP contribution in [0.15, 0.2) is 42.7 Å².